The van der Waals surface area contributed by atoms with Gasteiger partial charge in [0, 0.05) is 11.1 Å². The van der Waals surface area contributed by atoms with Crippen LogP contribution >= 0.6 is 11.6 Å². The van der Waals surface area contributed by atoms with Crippen molar-refractivity contribution in [2.45, 2.75) is 19.9 Å². The lowest BCUT2D eigenvalue weighted by atomic mass is 10.2. The van der Waals surface area contributed by atoms with Crippen molar-refractivity contribution in [1.82, 2.24) is 5.32 Å². The Hall–Kier alpha value is -1.26. The zero-order chi connectivity index (χ0) is 12.8. The molecule has 0 heterocycles. The molecule has 0 radical (unpaired) electrons. The highest BCUT2D eigenvalue weighted by atomic mass is 35.5. The third-order valence-corrected chi connectivity index (χ3v) is 2.41. The third kappa shape index (κ3) is 4.63. The van der Waals surface area contributed by atoms with Gasteiger partial charge in [0.05, 0.1) is 6.61 Å². The van der Waals surface area contributed by atoms with Gasteiger partial charge in [-0.25, -0.2) is 0 Å². The standard InChI is InChI=1S/C12H16ClNO3/c1-8-5-10(13)3-4-11(8)17-7-12(16)14-9(2)6-15/h3-5,9,15H,6-7H2,1-2H3,(H,14,16)/t9-/m1/s1. The highest BCUT2D eigenvalue weighted by Crippen LogP contribution is 2.21. The van der Waals surface area contributed by atoms with Crippen LogP contribution in [-0.2, 0) is 4.79 Å². The van der Waals surface area contributed by atoms with Gasteiger partial charge < -0.3 is 15.2 Å². The lowest BCUT2D eigenvalue weighted by Gasteiger charge is -2.12. The summed E-state index contributed by atoms with van der Waals surface area (Å²) in [4.78, 5) is 11.4. The lowest BCUT2D eigenvalue weighted by Crippen LogP contribution is -2.38. The van der Waals surface area contributed by atoms with E-state index >= 15 is 0 Å². The monoisotopic (exact) mass is 257 g/mol. The van der Waals surface area contributed by atoms with Crippen LogP contribution in [0.4, 0.5) is 0 Å². The number of amides is 1. The van der Waals surface area contributed by atoms with E-state index < -0.39 is 0 Å². The minimum atomic E-state index is -0.266. The maximum Gasteiger partial charge on any atom is 0.258 e. The average molecular weight is 258 g/mol. The number of rotatable bonds is 5. The van der Waals surface area contributed by atoms with Gasteiger partial charge in [0.2, 0.25) is 0 Å². The van der Waals surface area contributed by atoms with Gasteiger partial charge >= 0.3 is 0 Å². The maximum absolute atomic E-state index is 11.4. The fourth-order valence-electron chi connectivity index (χ4n) is 1.28. The molecule has 1 amide bonds. The van der Waals surface area contributed by atoms with Gasteiger partial charge in [0.25, 0.3) is 5.91 Å². The minimum Gasteiger partial charge on any atom is -0.484 e. The second-order valence-electron chi connectivity index (χ2n) is 3.85. The molecule has 0 saturated heterocycles. The molecule has 1 rings (SSSR count). The highest BCUT2D eigenvalue weighted by molar-refractivity contribution is 6.30. The second kappa shape index (κ2) is 6.47. The fraction of sp³-hybridized carbons (Fsp3) is 0.417. The molecule has 0 aliphatic carbocycles. The summed E-state index contributed by atoms with van der Waals surface area (Å²) < 4.78 is 5.35. The Balaban J connectivity index is 2.47. The number of carbonyl (C=O) groups excluding carboxylic acids is 1. The van der Waals surface area contributed by atoms with E-state index in [9.17, 15) is 4.79 Å². The van der Waals surface area contributed by atoms with Crippen LogP contribution in [0.5, 0.6) is 5.75 Å². The Labute approximate surface area is 106 Å². The van der Waals surface area contributed by atoms with E-state index in [2.05, 4.69) is 5.32 Å². The van der Waals surface area contributed by atoms with Crippen molar-refractivity contribution in [2.24, 2.45) is 0 Å². The van der Waals surface area contributed by atoms with Crippen molar-refractivity contribution < 1.29 is 14.6 Å². The molecular formula is C12H16ClNO3. The summed E-state index contributed by atoms with van der Waals surface area (Å²) in [5, 5.41) is 12.0. The van der Waals surface area contributed by atoms with Crippen molar-refractivity contribution >= 4 is 17.5 Å². The van der Waals surface area contributed by atoms with Crippen molar-refractivity contribution in [3.63, 3.8) is 0 Å². The van der Waals surface area contributed by atoms with Crippen LogP contribution in [0.15, 0.2) is 18.2 Å². The molecule has 0 aliphatic rings. The van der Waals surface area contributed by atoms with E-state index in [1.807, 2.05) is 6.92 Å². The molecule has 1 aromatic rings. The summed E-state index contributed by atoms with van der Waals surface area (Å²) in [5.74, 6) is 0.363. The second-order valence-corrected chi connectivity index (χ2v) is 4.29. The molecule has 94 valence electrons. The van der Waals surface area contributed by atoms with E-state index in [0.29, 0.717) is 10.8 Å². The Morgan fingerprint density at radius 2 is 2.29 bits per heavy atom. The topological polar surface area (TPSA) is 58.6 Å². The predicted molar refractivity (Wildman–Crippen MR) is 66.4 cm³/mol. The number of hydrogen-bond acceptors (Lipinski definition) is 3. The molecule has 0 unspecified atom stereocenters. The van der Waals surface area contributed by atoms with Crippen LogP contribution in [0, 0.1) is 6.92 Å². The van der Waals surface area contributed by atoms with Crippen LogP contribution < -0.4 is 10.1 Å². The number of nitrogens with one attached hydrogen (secondary N) is 1. The summed E-state index contributed by atoms with van der Waals surface area (Å²) in [7, 11) is 0. The molecule has 0 spiro atoms. The summed E-state index contributed by atoms with van der Waals surface area (Å²) in [6.45, 7) is 3.40. The number of halogens is 1. The van der Waals surface area contributed by atoms with E-state index in [1.165, 1.54) is 0 Å². The summed E-state index contributed by atoms with van der Waals surface area (Å²) in [6, 6.07) is 4.93. The molecule has 0 aromatic heterocycles. The minimum absolute atomic E-state index is 0.0766. The summed E-state index contributed by atoms with van der Waals surface area (Å²) in [6.07, 6.45) is 0. The summed E-state index contributed by atoms with van der Waals surface area (Å²) >= 11 is 5.80. The molecule has 5 heteroatoms. The van der Waals surface area contributed by atoms with Gasteiger partial charge in [-0.05, 0) is 37.6 Å². The van der Waals surface area contributed by atoms with Gasteiger partial charge in [-0.15, -0.1) is 0 Å². The molecule has 4 nitrogen and oxygen atoms in total. The largest absolute Gasteiger partial charge is 0.484 e. The Kier molecular flexibility index (Phi) is 5.25. The van der Waals surface area contributed by atoms with Crippen molar-refractivity contribution in [2.75, 3.05) is 13.2 Å². The van der Waals surface area contributed by atoms with Gasteiger partial charge in [0.15, 0.2) is 6.61 Å². The molecule has 1 atom stereocenters. The number of aliphatic hydroxyl groups excluding tert-OH is 1. The Morgan fingerprint density at radius 3 is 2.88 bits per heavy atom. The van der Waals surface area contributed by atoms with Crippen molar-refractivity contribution in [3.05, 3.63) is 28.8 Å². The first-order valence-corrected chi connectivity index (χ1v) is 5.70. The van der Waals surface area contributed by atoms with Gasteiger partial charge in [-0.2, -0.15) is 0 Å². The summed E-state index contributed by atoms with van der Waals surface area (Å²) in [5.41, 5.74) is 0.875. The number of aliphatic hydroxyl groups is 1. The van der Waals surface area contributed by atoms with Crippen LogP contribution in [-0.4, -0.2) is 30.3 Å². The van der Waals surface area contributed by atoms with Crippen LogP contribution in [0.2, 0.25) is 5.02 Å². The van der Waals surface area contributed by atoms with Crippen molar-refractivity contribution in [1.29, 1.82) is 0 Å². The van der Waals surface area contributed by atoms with Gasteiger partial charge in [-0.3, -0.25) is 4.79 Å². The van der Waals surface area contributed by atoms with Crippen LogP contribution in [0.1, 0.15) is 12.5 Å². The molecule has 0 fully saturated rings. The quantitative estimate of drug-likeness (QED) is 0.841. The molecular weight excluding hydrogens is 242 g/mol. The zero-order valence-corrected chi connectivity index (χ0v) is 10.6. The lowest BCUT2D eigenvalue weighted by molar-refractivity contribution is -0.124. The zero-order valence-electron chi connectivity index (χ0n) is 9.87. The van der Waals surface area contributed by atoms with Crippen LogP contribution in [0.25, 0.3) is 0 Å². The van der Waals surface area contributed by atoms with Crippen LogP contribution in [0.3, 0.4) is 0 Å². The van der Waals surface area contributed by atoms with Crippen molar-refractivity contribution in [3.8, 4) is 5.75 Å². The first kappa shape index (κ1) is 13.8. The number of hydrogen-bond donors (Lipinski definition) is 2. The van der Waals surface area contributed by atoms with Gasteiger partial charge in [-0.1, -0.05) is 11.6 Å². The molecule has 1 aromatic carbocycles. The SMILES string of the molecule is Cc1cc(Cl)ccc1OCC(=O)N[C@H](C)CO. The highest BCUT2D eigenvalue weighted by Gasteiger charge is 2.08. The normalized spacial score (nSPS) is 12.0. The number of ether oxygens (including phenoxy) is 1. The fourth-order valence-corrected chi connectivity index (χ4v) is 1.51. The number of carbonyl (C=O) groups is 1. The molecule has 2 N–H and O–H groups in total. The molecule has 0 bridgehead atoms. The average Bonchev–Trinajstić information content (AvgIpc) is 2.27. The molecule has 17 heavy (non-hydrogen) atoms. The molecule has 0 aliphatic heterocycles. The van der Waals surface area contributed by atoms with E-state index in [-0.39, 0.29) is 25.2 Å². The first-order valence-electron chi connectivity index (χ1n) is 5.32. The Morgan fingerprint density at radius 1 is 1.59 bits per heavy atom. The smallest absolute Gasteiger partial charge is 0.258 e. The van der Waals surface area contributed by atoms with Gasteiger partial charge in [0.1, 0.15) is 5.75 Å². The third-order valence-electron chi connectivity index (χ3n) is 2.18. The number of benzene rings is 1. The molecule has 0 saturated carbocycles. The van der Waals surface area contributed by atoms with E-state index in [4.69, 9.17) is 21.4 Å². The first-order chi connectivity index (χ1) is 8.02. The van der Waals surface area contributed by atoms with E-state index in [1.54, 1.807) is 25.1 Å². The Bertz CT molecular complexity index is 395. The van der Waals surface area contributed by atoms with E-state index in [0.717, 1.165) is 5.56 Å². The number of aryl methyl sites for hydroxylation is 1. The predicted octanol–water partition coefficient (Wildman–Crippen LogP) is 1.52. The maximum atomic E-state index is 11.4.